The van der Waals surface area contributed by atoms with E-state index in [2.05, 4.69) is 51.5 Å². The molecule has 1 saturated heterocycles. The molecule has 174 valence electrons. The van der Waals surface area contributed by atoms with Crippen molar-refractivity contribution in [1.82, 2.24) is 20.4 Å². The van der Waals surface area contributed by atoms with E-state index in [0.29, 0.717) is 47.0 Å². The number of halogens is 2. The Morgan fingerprint density at radius 3 is 2.82 bits per heavy atom. The molecule has 1 aromatic heterocycles. The van der Waals surface area contributed by atoms with Crippen LogP contribution in [0.15, 0.2) is 47.0 Å². The topological polar surface area (TPSA) is 71.3 Å². The molecular formula is C25H28Cl2N4O2. The van der Waals surface area contributed by atoms with E-state index in [0.717, 1.165) is 32.2 Å². The molecule has 0 bridgehead atoms. The minimum absolute atomic E-state index is 0.0220. The predicted molar refractivity (Wildman–Crippen MR) is 130 cm³/mol. The van der Waals surface area contributed by atoms with Gasteiger partial charge in [0.05, 0.1) is 17.5 Å². The van der Waals surface area contributed by atoms with Crippen molar-refractivity contribution in [3.05, 3.63) is 69.5 Å². The normalized spacial score (nSPS) is 16.6. The number of benzene rings is 2. The van der Waals surface area contributed by atoms with Crippen LogP contribution in [0.5, 0.6) is 0 Å². The van der Waals surface area contributed by atoms with E-state index in [-0.39, 0.29) is 11.8 Å². The Balaban J connectivity index is 1.25. The lowest BCUT2D eigenvalue weighted by atomic mass is 9.97. The number of rotatable bonds is 8. The van der Waals surface area contributed by atoms with E-state index in [9.17, 15) is 4.79 Å². The minimum Gasteiger partial charge on any atom is -0.356 e. The Kier molecular flexibility index (Phi) is 8.02. The predicted octanol–water partition coefficient (Wildman–Crippen LogP) is 5.31. The van der Waals surface area contributed by atoms with Crippen LogP contribution >= 0.6 is 23.2 Å². The molecule has 1 fully saturated rings. The number of aryl methyl sites for hydroxylation is 2. The van der Waals surface area contributed by atoms with Gasteiger partial charge in [-0.1, -0.05) is 58.2 Å². The van der Waals surface area contributed by atoms with Gasteiger partial charge in [0.1, 0.15) is 0 Å². The maximum Gasteiger partial charge on any atom is 0.241 e. The first-order chi connectivity index (χ1) is 16.0. The van der Waals surface area contributed by atoms with Gasteiger partial charge in [-0.25, -0.2) is 0 Å². The van der Waals surface area contributed by atoms with E-state index in [4.69, 9.17) is 27.7 Å². The van der Waals surface area contributed by atoms with E-state index in [1.807, 2.05) is 0 Å². The van der Waals surface area contributed by atoms with Gasteiger partial charge in [0.2, 0.25) is 17.6 Å². The molecule has 1 unspecified atom stereocenters. The molecule has 0 saturated carbocycles. The van der Waals surface area contributed by atoms with Crippen LogP contribution in [0, 0.1) is 12.8 Å². The first-order valence-electron chi connectivity index (χ1n) is 11.3. The number of piperidine rings is 1. The van der Waals surface area contributed by atoms with Gasteiger partial charge in [0, 0.05) is 23.7 Å². The van der Waals surface area contributed by atoms with Gasteiger partial charge >= 0.3 is 0 Å². The Labute approximate surface area is 204 Å². The maximum absolute atomic E-state index is 12.7. The average Bonchev–Trinajstić information content (AvgIpc) is 3.26. The van der Waals surface area contributed by atoms with Crippen LogP contribution in [0.2, 0.25) is 10.0 Å². The zero-order chi connectivity index (χ0) is 23.2. The van der Waals surface area contributed by atoms with Crippen molar-refractivity contribution >= 4 is 29.1 Å². The van der Waals surface area contributed by atoms with Crippen LogP contribution in [0.1, 0.15) is 36.3 Å². The number of carbonyl (C=O) groups excluding carboxylic acids is 1. The van der Waals surface area contributed by atoms with Crippen LogP contribution in [0.3, 0.4) is 0 Å². The van der Waals surface area contributed by atoms with Crippen LogP contribution in [0.4, 0.5) is 0 Å². The number of nitrogens with one attached hydrogen (secondary N) is 1. The lowest BCUT2D eigenvalue weighted by Crippen LogP contribution is -2.43. The third-order valence-electron chi connectivity index (χ3n) is 5.94. The molecule has 6 nitrogen and oxygen atoms in total. The molecule has 1 amide bonds. The van der Waals surface area contributed by atoms with Gasteiger partial charge in [-0.15, -0.1) is 0 Å². The fourth-order valence-electron chi connectivity index (χ4n) is 4.11. The highest BCUT2D eigenvalue weighted by Gasteiger charge is 2.26. The molecule has 33 heavy (non-hydrogen) atoms. The first-order valence-corrected chi connectivity index (χ1v) is 12.1. The second kappa shape index (κ2) is 11.1. The number of nitrogens with zero attached hydrogens (tertiary/aromatic N) is 3. The van der Waals surface area contributed by atoms with E-state index >= 15 is 0 Å². The maximum atomic E-state index is 12.7. The summed E-state index contributed by atoms with van der Waals surface area (Å²) in [5.41, 5.74) is 3.24. The monoisotopic (exact) mass is 486 g/mol. The van der Waals surface area contributed by atoms with Crippen LogP contribution in [0.25, 0.3) is 11.4 Å². The molecular weight excluding hydrogens is 459 g/mol. The molecule has 1 atom stereocenters. The van der Waals surface area contributed by atoms with Crippen molar-refractivity contribution in [2.24, 2.45) is 5.92 Å². The molecule has 4 rings (SSSR count). The highest BCUT2D eigenvalue weighted by Crippen LogP contribution is 2.28. The van der Waals surface area contributed by atoms with E-state index in [1.165, 1.54) is 11.1 Å². The Morgan fingerprint density at radius 2 is 2.03 bits per heavy atom. The zero-order valence-corrected chi connectivity index (χ0v) is 20.2. The second-order valence-corrected chi connectivity index (χ2v) is 9.43. The largest absolute Gasteiger partial charge is 0.356 e. The van der Waals surface area contributed by atoms with Gasteiger partial charge in [-0.3, -0.25) is 9.69 Å². The lowest BCUT2D eigenvalue weighted by Gasteiger charge is -2.30. The quantitative estimate of drug-likeness (QED) is 0.436. The van der Waals surface area contributed by atoms with Crippen molar-refractivity contribution < 1.29 is 9.32 Å². The highest BCUT2D eigenvalue weighted by atomic mass is 35.5. The molecule has 0 aliphatic carbocycles. The smallest absolute Gasteiger partial charge is 0.241 e. The van der Waals surface area contributed by atoms with Gasteiger partial charge in [-0.05, 0) is 62.9 Å². The van der Waals surface area contributed by atoms with Crippen LogP contribution in [-0.2, 0) is 17.8 Å². The molecule has 0 spiro atoms. The number of likely N-dealkylation sites (tertiary alicyclic amines) is 1. The fourth-order valence-corrected chi connectivity index (χ4v) is 4.60. The minimum atomic E-state index is -0.0220. The number of hydrogen-bond acceptors (Lipinski definition) is 5. The van der Waals surface area contributed by atoms with Gasteiger partial charge in [-0.2, -0.15) is 4.98 Å². The SMILES string of the molecule is Cc1ccc(CCCNC(=O)C2CCCN(Cc3nc(-c4ccc(Cl)cc4Cl)no3)C2)cc1. The molecule has 1 N–H and O–H groups in total. The first kappa shape index (κ1) is 23.7. The average molecular weight is 487 g/mol. The van der Waals surface area contributed by atoms with Crippen LogP contribution in [-0.4, -0.2) is 40.6 Å². The summed E-state index contributed by atoms with van der Waals surface area (Å²) in [7, 11) is 0. The molecule has 0 radical (unpaired) electrons. The summed E-state index contributed by atoms with van der Waals surface area (Å²) in [6.45, 7) is 4.87. The van der Waals surface area contributed by atoms with Crippen molar-refractivity contribution in [2.45, 2.75) is 39.2 Å². The summed E-state index contributed by atoms with van der Waals surface area (Å²) in [6, 6.07) is 13.7. The van der Waals surface area contributed by atoms with Crippen LogP contribution < -0.4 is 5.32 Å². The summed E-state index contributed by atoms with van der Waals surface area (Å²) in [4.78, 5) is 19.4. The summed E-state index contributed by atoms with van der Waals surface area (Å²) < 4.78 is 5.44. The van der Waals surface area contributed by atoms with E-state index in [1.54, 1.807) is 18.2 Å². The van der Waals surface area contributed by atoms with E-state index < -0.39 is 0 Å². The highest BCUT2D eigenvalue weighted by molar-refractivity contribution is 6.36. The summed E-state index contributed by atoms with van der Waals surface area (Å²) in [5.74, 6) is 1.05. The third kappa shape index (κ3) is 6.56. The summed E-state index contributed by atoms with van der Waals surface area (Å²) >= 11 is 12.2. The standard InChI is InChI=1S/C25H28Cl2N4O2/c1-17-6-8-18(9-7-17)4-2-12-28-25(32)19-5-3-13-31(15-19)16-23-29-24(30-33-23)21-11-10-20(26)14-22(21)27/h6-11,14,19H,2-5,12-13,15-16H2,1H3,(H,28,32). The number of aromatic nitrogens is 2. The van der Waals surface area contributed by atoms with Gasteiger partial charge in [0.15, 0.2) is 0 Å². The Bertz CT molecular complexity index is 1080. The second-order valence-electron chi connectivity index (χ2n) is 8.59. The molecule has 8 heteroatoms. The number of amides is 1. The van der Waals surface area contributed by atoms with Crippen molar-refractivity contribution in [3.63, 3.8) is 0 Å². The van der Waals surface area contributed by atoms with Gasteiger partial charge in [0.25, 0.3) is 0 Å². The molecule has 1 aliphatic heterocycles. The summed E-state index contributed by atoms with van der Waals surface area (Å²) in [5, 5.41) is 8.20. The number of carbonyl (C=O) groups is 1. The fraction of sp³-hybridized carbons (Fsp3) is 0.400. The number of hydrogen-bond donors (Lipinski definition) is 1. The summed E-state index contributed by atoms with van der Waals surface area (Å²) in [6.07, 6.45) is 3.76. The lowest BCUT2D eigenvalue weighted by molar-refractivity contribution is -0.126. The molecule has 2 aromatic carbocycles. The zero-order valence-electron chi connectivity index (χ0n) is 18.7. The van der Waals surface area contributed by atoms with Crippen molar-refractivity contribution in [2.75, 3.05) is 19.6 Å². The van der Waals surface area contributed by atoms with Crippen molar-refractivity contribution in [3.8, 4) is 11.4 Å². The molecule has 2 heterocycles. The van der Waals surface area contributed by atoms with Gasteiger partial charge < -0.3 is 9.84 Å². The van der Waals surface area contributed by atoms with Crippen molar-refractivity contribution in [1.29, 1.82) is 0 Å². The molecule has 1 aliphatic rings. The molecule has 3 aromatic rings. The third-order valence-corrected chi connectivity index (χ3v) is 6.49. The Morgan fingerprint density at radius 1 is 1.21 bits per heavy atom. The Hall–Kier alpha value is -2.41.